The van der Waals surface area contributed by atoms with Crippen molar-refractivity contribution in [2.75, 3.05) is 17.6 Å². The quantitative estimate of drug-likeness (QED) is 0.788. The first-order valence-corrected chi connectivity index (χ1v) is 8.58. The number of hydrogen-bond acceptors (Lipinski definition) is 3. The monoisotopic (exact) mass is 348 g/mol. The maximum Gasteiger partial charge on any atom is 0.319 e. The molecule has 0 saturated heterocycles. The summed E-state index contributed by atoms with van der Waals surface area (Å²) in [5.74, 6) is -0.525. The molecule has 0 heterocycles. The Kier molecular flexibility index (Phi) is 6.20. The van der Waals surface area contributed by atoms with Gasteiger partial charge in [0.15, 0.2) is 5.78 Å². The fourth-order valence-corrected chi connectivity index (χ4v) is 3.01. The zero-order valence-corrected chi connectivity index (χ0v) is 13.9. The van der Waals surface area contributed by atoms with E-state index in [0.717, 1.165) is 0 Å². The van der Waals surface area contributed by atoms with Gasteiger partial charge in [-0.15, -0.1) is 0 Å². The van der Waals surface area contributed by atoms with Crippen LogP contribution in [0.3, 0.4) is 0 Å². The topological polar surface area (TPSA) is 75.3 Å². The van der Waals surface area contributed by atoms with E-state index in [1.807, 2.05) is 0 Å². The van der Waals surface area contributed by atoms with E-state index in [1.165, 1.54) is 25.1 Å². The molecule has 0 spiro atoms. The van der Waals surface area contributed by atoms with Crippen LogP contribution in [0.5, 0.6) is 0 Å². The van der Waals surface area contributed by atoms with Crippen molar-refractivity contribution in [3.05, 3.63) is 59.9 Å². The zero-order chi connectivity index (χ0) is 17.5. The van der Waals surface area contributed by atoms with Crippen LogP contribution in [0, 0.1) is 5.82 Å². The van der Waals surface area contributed by atoms with E-state index < -0.39 is 22.6 Å². The van der Waals surface area contributed by atoms with Crippen LogP contribution in [0.15, 0.2) is 53.4 Å². The van der Waals surface area contributed by atoms with Gasteiger partial charge in [0.25, 0.3) is 0 Å². The van der Waals surface area contributed by atoms with Crippen molar-refractivity contribution in [3.8, 4) is 0 Å². The average Bonchev–Trinajstić information content (AvgIpc) is 2.55. The van der Waals surface area contributed by atoms with Gasteiger partial charge in [-0.1, -0.05) is 24.3 Å². The molecule has 0 aliphatic heterocycles. The number of hydrogen-bond donors (Lipinski definition) is 2. The van der Waals surface area contributed by atoms with Gasteiger partial charge in [-0.2, -0.15) is 0 Å². The molecule has 0 aromatic heterocycles. The molecule has 1 atom stereocenters. The molecular formula is C17H17FN2O3S. The minimum absolute atomic E-state index is 0.0978. The Bertz CT molecular complexity index is 780. The number of halogens is 1. The van der Waals surface area contributed by atoms with Crippen LogP contribution in [-0.4, -0.2) is 28.3 Å². The number of carbonyl (C=O) groups excluding carboxylic acids is 2. The molecule has 126 valence electrons. The number of carbonyl (C=O) groups is 2. The number of rotatable bonds is 6. The summed E-state index contributed by atoms with van der Waals surface area (Å²) in [6.07, 6.45) is 0. The van der Waals surface area contributed by atoms with Crippen LogP contribution in [0.25, 0.3) is 0 Å². The number of urea groups is 1. The van der Waals surface area contributed by atoms with Crippen molar-refractivity contribution in [2.45, 2.75) is 11.8 Å². The Morgan fingerprint density at radius 3 is 2.58 bits per heavy atom. The van der Waals surface area contributed by atoms with Crippen molar-refractivity contribution >= 4 is 28.3 Å². The van der Waals surface area contributed by atoms with Crippen molar-refractivity contribution in [3.63, 3.8) is 0 Å². The van der Waals surface area contributed by atoms with Crippen molar-refractivity contribution in [1.82, 2.24) is 5.32 Å². The molecule has 0 bridgehead atoms. The van der Waals surface area contributed by atoms with E-state index in [2.05, 4.69) is 10.6 Å². The summed E-state index contributed by atoms with van der Waals surface area (Å²) in [6.45, 7) is 1.57. The minimum Gasteiger partial charge on any atom is -0.337 e. The van der Waals surface area contributed by atoms with Crippen LogP contribution >= 0.6 is 0 Å². The maximum atomic E-state index is 13.5. The predicted molar refractivity (Wildman–Crippen MR) is 91.1 cm³/mol. The Hall–Kier alpha value is -2.54. The molecule has 2 rings (SSSR count). The van der Waals surface area contributed by atoms with Crippen LogP contribution in [0.4, 0.5) is 14.9 Å². The van der Waals surface area contributed by atoms with E-state index in [4.69, 9.17) is 0 Å². The maximum absolute atomic E-state index is 13.5. The first-order chi connectivity index (χ1) is 11.5. The van der Waals surface area contributed by atoms with Gasteiger partial charge in [0.1, 0.15) is 5.82 Å². The zero-order valence-electron chi connectivity index (χ0n) is 13.0. The van der Waals surface area contributed by atoms with E-state index in [0.29, 0.717) is 11.3 Å². The standard InChI is InChI=1S/C17H17FN2O3S/c1-12(21)13-5-4-6-14(11-13)20-17(22)19-9-10-24(23)16-8-3-2-7-15(16)18/h2-8,11H,9-10H2,1H3,(H2,19,20,22)/t24-/m0/s1. The summed E-state index contributed by atoms with van der Waals surface area (Å²) < 4.78 is 25.5. The van der Waals surface area contributed by atoms with Crippen molar-refractivity contribution < 1.29 is 18.2 Å². The summed E-state index contributed by atoms with van der Waals surface area (Å²) in [4.78, 5) is 23.2. The lowest BCUT2D eigenvalue weighted by Gasteiger charge is -2.08. The molecule has 2 aromatic rings. The van der Waals surface area contributed by atoms with E-state index in [1.54, 1.807) is 30.3 Å². The van der Waals surface area contributed by atoms with Crippen LogP contribution in [0.1, 0.15) is 17.3 Å². The smallest absolute Gasteiger partial charge is 0.319 e. The number of amides is 2. The summed E-state index contributed by atoms with van der Waals surface area (Å²) >= 11 is 0. The molecule has 0 radical (unpaired) electrons. The first-order valence-electron chi connectivity index (χ1n) is 7.26. The van der Waals surface area contributed by atoms with Gasteiger partial charge in [0.2, 0.25) is 0 Å². The lowest BCUT2D eigenvalue weighted by molar-refractivity contribution is 0.101. The summed E-state index contributed by atoms with van der Waals surface area (Å²) in [6, 6.07) is 11.9. The molecule has 7 heteroatoms. The highest BCUT2D eigenvalue weighted by molar-refractivity contribution is 7.85. The van der Waals surface area contributed by atoms with E-state index in [9.17, 15) is 18.2 Å². The Morgan fingerprint density at radius 2 is 1.88 bits per heavy atom. The van der Waals surface area contributed by atoms with E-state index >= 15 is 0 Å². The molecule has 0 fully saturated rings. The number of Topliss-reactive ketones (excluding diaryl/α,β-unsaturated/α-hetero) is 1. The third-order valence-electron chi connectivity index (χ3n) is 3.18. The van der Waals surface area contributed by atoms with Gasteiger partial charge < -0.3 is 10.6 Å². The molecule has 0 aliphatic rings. The highest BCUT2D eigenvalue weighted by Gasteiger charge is 2.10. The van der Waals surface area contributed by atoms with Crippen molar-refractivity contribution in [1.29, 1.82) is 0 Å². The van der Waals surface area contributed by atoms with Gasteiger partial charge in [0.05, 0.1) is 15.7 Å². The summed E-state index contributed by atoms with van der Waals surface area (Å²) in [7, 11) is -1.53. The van der Waals surface area contributed by atoms with Crippen LogP contribution < -0.4 is 10.6 Å². The minimum atomic E-state index is -1.53. The highest BCUT2D eigenvalue weighted by atomic mass is 32.2. The second-order valence-corrected chi connectivity index (χ2v) is 6.54. The molecule has 0 unspecified atom stereocenters. The van der Waals surface area contributed by atoms with Crippen LogP contribution in [-0.2, 0) is 10.8 Å². The van der Waals surface area contributed by atoms with Crippen molar-refractivity contribution in [2.24, 2.45) is 0 Å². The lowest BCUT2D eigenvalue weighted by Crippen LogP contribution is -2.32. The number of anilines is 1. The Morgan fingerprint density at radius 1 is 1.12 bits per heavy atom. The predicted octanol–water partition coefficient (Wildman–Crippen LogP) is 2.96. The molecule has 2 N–H and O–H groups in total. The Labute approximate surface area is 141 Å². The van der Waals surface area contributed by atoms with Crippen LogP contribution in [0.2, 0.25) is 0 Å². The fourth-order valence-electron chi connectivity index (χ4n) is 1.99. The van der Waals surface area contributed by atoms with E-state index in [-0.39, 0.29) is 23.0 Å². The second kappa shape index (κ2) is 8.35. The van der Waals surface area contributed by atoms with Gasteiger partial charge in [0, 0.05) is 23.5 Å². The van der Waals surface area contributed by atoms with Gasteiger partial charge in [-0.25, -0.2) is 9.18 Å². The molecule has 5 nitrogen and oxygen atoms in total. The third kappa shape index (κ3) is 4.99. The average molecular weight is 348 g/mol. The SMILES string of the molecule is CC(=O)c1cccc(NC(=O)NCC[S@](=O)c2ccccc2F)c1. The highest BCUT2D eigenvalue weighted by Crippen LogP contribution is 2.12. The largest absolute Gasteiger partial charge is 0.337 e. The van der Waals surface area contributed by atoms with Gasteiger partial charge in [-0.3, -0.25) is 9.00 Å². The number of ketones is 1. The summed E-state index contributed by atoms with van der Waals surface area (Å²) in [5.41, 5.74) is 0.976. The number of benzene rings is 2. The fraction of sp³-hybridized carbons (Fsp3) is 0.176. The number of nitrogens with one attached hydrogen (secondary N) is 2. The van der Waals surface area contributed by atoms with Gasteiger partial charge >= 0.3 is 6.03 Å². The molecule has 0 aliphatic carbocycles. The molecule has 2 amide bonds. The second-order valence-electron chi connectivity index (χ2n) is 5.00. The van der Waals surface area contributed by atoms with Gasteiger partial charge in [-0.05, 0) is 31.2 Å². The normalized spacial score (nSPS) is 11.6. The molecule has 2 aromatic carbocycles. The first kappa shape index (κ1) is 17.8. The molecule has 0 saturated carbocycles. The lowest BCUT2D eigenvalue weighted by atomic mass is 10.1. The summed E-state index contributed by atoms with van der Waals surface area (Å²) in [5, 5.41) is 5.14. The molecule has 24 heavy (non-hydrogen) atoms. The Balaban J connectivity index is 1.83. The third-order valence-corrected chi connectivity index (χ3v) is 4.58. The molecular weight excluding hydrogens is 331 g/mol.